The zero-order chi connectivity index (χ0) is 34.3. The summed E-state index contributed by atoms with van der Waals surface area (Å²) in [6, 6.07) is 59.8. The highest BCUT2D eigenvalue weighted by atomic mass is 32.1. The van der Waals surface area contributed by atoms with Crippen molar-refractivity contribution >= 4 is 70.0 Å². The van der Waals surface area contributed by atoms with Crippen LogP contribution in [0.3, 0.4) is 0 Å². The predicted octanol–water partition coefficient (Wildman–Crippen LogP) is 11.4. The fourth-order valence-electron chi connectivity index (χ4n) is 8.01. The lowest BCUT2D eigenvalue weighted by Gasteiger charge is -2.10. The molecule has 0 amide bonds. The fraction of sp³-hybridized carbons (Fsp3) is 0. The summed E-state index contributed by atoms with van der Waals surface area (Å²) < 4.78 is 7.93. The van der Waals surface area contributed by atoms with Crippen molar-refractivity contribution < 1.29 is 0 Å². The average Bonchev–Trinajstić information content (AvgIpc) is 3.85. The maximum Gasteiger partial charge on any atom is 0.274 e. The van der Waals surface area contributed by atoms with E-state index in [-0.39, 0.29) is 5.56 Å². The smallest absolute Gasteiger partial charge is 0.274 e. The Morgan fingerprint density at radius 3 is 1.63 bits per heavy atom. The van der Waals surface area contributed by atoms with Gasteiger partial charge in [0.25, 0.3) is 5.56 Å². The second kappa shape index (κ2) is 11.1. The molecule has 5 nitrogen and oxygen atoms in total. The summed E-state index contributed by atoms with van der Waals surface area (Å²) in [4.78, 5) is 18.0. The van der Waals surface area contributed by atoms with Crippen LogP contribution in [0.1, 0.15) is 0 Å². The molecule has 11 rings (SSSR count). The second-order valence-corrected chi connectivity index (χ2v) is 14.3. The molecule has 0 radical (unpaired) electrons. The van der Waals surface area contributed by atoms with E-state index >= 15 is 0 Å². The molecule has 0 saturated carbocycles. The third-order valence-electron chi connectivity index (χ3n) is 10.3. The van der Waals surface area contributed by atoms with E-state index in [1.54, 1.807) is 17.4 Å². The highest BCUT2D eigenvalue weighted by Gasteiger charge is 2.18. The van der Waals surface area contributed by atoms with Crippen LogP contribution in [0.15, 0.2) is 175 Å². The van der Waals surface area contributed by atoms with Crippen LogP contribution in [0.25, 0.3) is 92.5 Å². The molecule has 0 fully saturated rings. The molecular formula is C46H28N4OS. The Balaban J connectivity index is 1.10. The molecule has 7 aromatic carbocycles. The lowest BCUT2D eigenvalue weighted by atomic mass is 10.0. The number of rotatable bonds is 4. The van der Waals surface area contributed by atoms with Crippen LogP contribution in [0.4, 0.5) is 0 Å². The van der Waals surface area contributed by atoms with E-state index in [4.69, 9.17) is 0 Å². The van der Waals surface area contributed by atoms with Crippen LogP contribution in [0, 0.1) is 0 Å². The maximum atomic E-state index is 12.7. The first kappa shape index (κ1) is 29.0. The van der Waals surface area contributed by atoms with E-state index in [0.29, 0.717) is 5.82 Å². The molecule has 0 unspecified atom stereocenters. The van der Waals surface area contributed by atoms with E-state index in [0.717, 1.165) is 43.0 Å². The highest BCUT2D eigenvalue weighted by molar-refractivity contribution is 7.24. The SMILES string of the molecule is O=c1cc2sc3ccc(-n4c5ccccc5c5cc(-c6ccc7c(c6)c6ccccc6n7-c6ccccc6)ccc54)cc3n2c(-c2ccccc2)n1. The predicted molar refractivity (Wildman–Crippen MR) is 216 cm³/mol. The highest BCUT2D eigenvalue weighted by Crippen LogP contribution is 2.39. The van der Waals surface area contributed by atoms with Gasteiger partial charge in [-0.05, 0) is 77.9 Å². The van der Waals surface area contributed by atoms with E-state index in [1.165, 1.54) is 43.7 Å². The van der Waals surface area contributed by atoms with Crippen LogP contribution in [0.5, 0.6) is 0 Å². The van der Waals surface area contributed by atoms with Gasteiger partial charge in [-0.15, -0.1) is 11.3 Å². The first-order chi connectivity index (χ1) is 25.7. The van der Waals surface area contributed by atoms with E-state index in [1.807, 2.05) is 30.3 Å². The lowest BCUT2D eigenvalue weighted by Crippen LogP contribution is -2.09. The number of hydrogen-bond donors (Lipinski definition) is 0. The third-order valence-corrected chi connectivity index (χ3v) is 11.4. The van der Waals surface area contributed by atoms with Crippen molar-refractivity contribution in [3.8, 4) is 33.9 Å². The number of fused-ring (bicyclic) bond motifs is 9. The van der Waals surface area contributed by atoms with Crippen LogP contribution in [-0.4, -0.2) is 18.5 Å². The van der Waals surface area contributed by atoms with Crippen molar-refractivity contribution in [2.24, 2.45) is 0 Å². The van der Waals surface area contributed by atoms with Crippen LogP contribution in [-0.2, 0) is 0 Å². The Hall–Kier alpha value is -6.76. The molecule has 0 saturated heterocycles. The molecule has 0 bridgehead atoms. The Morgan fingerprint density at radius 1 is 0.423 bits per heavy atom. The second-order valence-electron chi connectivity index (χ2n) is 13.2. The Bertz CT molecular complexity index is 3260. The topological polar surface area (TPSA) is 44.2 Å². The van der Waals surface area contributed by atoms with Gasteiger partial charge >= 0.3 is 0 Å². The number of thiazole rings is 1. The third kappa shape index (κ3) is 4.28. The Labute approximate surface area is 301 Å². The van der Waals surface area contributed by atoms with Gasteiger partial charge in [0.05, 0.1) is 32.3 Å². The zero-order valence-electron chi connectivity index (χ0n) is 27.8. The molecule has 0 aliphatic carbocycles. The van der Waals surface area contributed by atoms with Crippen molar-refractivity contribution in [3.63, 3.8) is 0 Å². The van der Waals surface area contributed by atoms with Crippen LogP contribution < -0.4 is 5.56 Å². The van der Waals surface area contributed by atoms with Gasteiger partial charge in [0.2, 0.25) is 0 Å². The Morgan fingerprint density at radius 2 is 0.981 bits per heavy atom. The van der Waals surface area contributed by atoms with Gasteiger partial charge in [-0.25, -0.2) is 0 Å². The molecule has 6 heteroatoms. The molecule has 0 spiro atoms. The minimum Gasteiger partial charge on any atom is -0.309 e. The molecule has 244 valence electrons. The molecule has 0 atom stereocenters. The summed E-state index contributed by atoms with van der Waals surface area (Å²) >= 11 is 1.61. The molecule has 0 N–H and O–H groups in total. The molecule has 4 aromatic heterocycles. The minimum absolute atomic E-state index is 0.232. The van der Waals surface area contributed by atoms with E-state index in [2.05, 4.69) is 152 Å². The number of hydrogen-bond acceptors (Lipinski definition) is 3. The molecule has 0 aliphatic rings. The number of para-hydroxylation sites is 3. The molecule has 52 heavy (non-hydrogen) atoms. The summed E-state index contributed by atoms with van der Waals surface area (Å²) in [5, 5.41) is 4.88. The average molecular weight is 685 g/mol. The van der Waals surface area contributed by atoms with Crippen molar-refractivity contribution in [2.45, 2.75) is 0 Å². The van der Waals surface area contributed by atoms with E-state index in [9.17, 15) is 4.79 Å². The van der Waals surface area contributed by atoms with Crippen molar-refractivity contribution in [1.82, 2.24) is 18.5 Å². The quantitative estimate of drug-likeness (QED) is 0.185. The summed E-state index contributed by atoms with van der Waals surface area (Å²) in [6.45, 7) is 0. The first-order valence-corrected chi connectivity index (χ1v) is 18.2. The first-order valence-electron chi connectivity index (χ1n) is 17.3. The summed E-state index contributed by atoms with van der Waals surface area (Å²) in [5.74, 6) is 0.655. The minimum atomic E-state index is -0.232. The molecule has 4 heterocycles. The van der Waals surface area contributed by atoms with Gasteiger partial charge in [-0.1, -0.05) is 97.1 Å². The van der Waals surface area contributed by atoms with Crippen LogP contribution >= 0.6 is 11.3 Å². The van der Waals surface area contributed by atoms with Gasteiger partial charge in [0, 0.05) is 44.5 Å². The van der Waals surface area contributed by atoms with E-state index < -0.39 is 0 Å². The molecule has 0 aliphatic heterocycles. The van der Waals surface area contributed by atoms with Gasteiger partial charge in [0.1, 0.15) is 10.7 Å². The summed E-state index contributed by atoms with van der Waals surface area (Å²) in [5.41, 5.74) is 10.9. The van der Waals surface area contributed by atoms with Crippen molar-refractivity contribution in [3.05, 3.63) is 180 Å². The number of aromatic nitrogens is 4. The number of nitrogens with zero attached hydrogens (tertiary/aromatic N) is 4. The zero-order valence-corrected chi connectivity index (χ0v) is 28.6. The molecule has 11 aromatic rings. The normalized spacial score (nSPS) is 11.9. The summed E-state index contributed by atoms with van der Waals surface area (Å²) in [7, 11) is 0. The Kier molecular flexibility index (Phi) is 6.21. The number of benzene rings is 7. The standard InChI is InChI=1S/C46H28N4OS/c51-44-28-45-50(46(47-44)29-11-3-1-4-12-29)42-27-33(21-24-43(42)52-45)49-39-18-10-8-16-35(39)37-26-31(20-23-41(37)49)30-19-22-40-36(25-30)34-15-7-9-17-38(34)48(40)32-13-5-2-6-14-32/h1-28H. The fourth-order valence-corrected chi connectivity index (χ4v) is 9.06. The van der Waals surface area contributed by atoms with Crippen LogP contribution in [0.2, 0.25) is 0 Å². The van der Waals surface area contributed by atoms with Gasteiger partial charge < -0.3 is 9.13 Å². The summed E-state index contributed by atoms with van der Waals surface area (Å²) in [6.07, 6.45) is 0. The largest absolute Gasteiger partial charge is 0.309 e. The maximum absolute atomic E-state index is 12.7. The van der Waals surface area contributed by atoms with Gasteiger partial charge in [-0.3, -0.25) is 9.20 Å². The van der Waals surface area contributed by atoms with Crippen molar-refractivity contribution in [2.75, 3.05) is 0 Å². The lowest BCUT2D eigenvalue weighted by molar-refractivity contribution is 1.10. The van der Waals surface area contributed by atoms with Gasteiger partial charge in [-0.2, -0.15) is 4.98 Å². The monoisotopic (exact) mass is 684 g/mol. The van der Waals surface area contributed by atoms with Gasteiger partial charge in [0.15, 0.2) is 0 Å². The van der Waals surface area contributed by atoms with Crippen molar-refractivity contribution in [1.29, 1.82) is 0 Å². The molecular weight excluding hydrogens is 657 g/mol.